The van der Waals surface area contributed by atoms with E-state index >= 15 is 0 Å². The molecule has 0 atom stereocenters. The fraction of sp³-hybridized carbons (Fsp3) is 0.500. The van der Waals surface area contributed by atoms with Crippen LogP contribution in [0.15, 0.2) is 33.6 Å². The van der Waals surface area contributed by atoms with E-state index in [9.17, 15) is 0 Å². The van der Waals surface area contributed by atoms with Crippen LogP contribution in [0.5, 0.6) is 0 Å². The summed E-state index contributed by atoms with van der Waals surface area (Å²) in [7, 11) is 0. The molecule has 1 saturated carbocycles. The third-order valence-corrected chi connectivity index (χ3v) is 4.71. The molecule has 0 amide bonds. The lowest BCUT2D eigenvalue weighted by Crippen LogP contribution is -2.27. The Morgan fingerprint density at radius 2 is 1.62 bits per heavy atom. The first kappa shape index (κ1) is 14.4. The normalized spacial score (nSPS) is 24.9. The van der Waals surface area contributed by atoms with Crippen LogP contribution < -0.4 is 5.73 Å². The van der Waals surface area contributed by atoms with Crippen LogP contribution in [0.3, 0.4) is 0 Å². The maximum absolute atomic E-state index is 5.89. The van der Waals surface area contributed by atoms with Crippen LogP contribution in [-0.2, 0) is 0 Å². The topological polar surface area (TPSA) is 26.0 Å². The van der Waals surface area contributed by atoms with Crippen molar-refractivity contribution in [3.05, 3.63) is 28.7 Å². The highest BCUT2D eigenvalue weighted by Gasteiger charge is 2.19. The van der Waals surface area contributed by atoms with Crippen LogP contribution >= 0.6 is 40.1 Å². The van der Waals surface area contributed by atoms with E-state index in [1.54, 1.807) is 0 Å². The average Bonchev–Trinajstić information content (AvgIpc) is 2.25. The molecule has 1 aliphatic carbocycles. The van der Waals surface area contributed by atoms with Crippen LogP contribution in [0.25, 0.3) is 0 Å². The first-order valence-corrected chi connectivity index (χ1v) is 7.09. The summed E-state index contributed by atoms with van der Waals surface area (Å²) in [5, 5.41) is 0.769. The second-order valence-corrected chi connectivity index (χ2v) is 6.40. The van der Waals surface area contributed by atoms with Crippen LogP contribution in [0.4, 0.5) is 0 Å². The molecule has 4 heteroatoms. The second-order valence-electron chi connectivity index (χ2n) is 4.11. The van der Waals surface area contributed by atoms with Gasteiger partial charge < -0.3 is 5.73 Å². The van der Waals surface area contributed by atoms with Gasteiger partial charge in [0, 0.05) is 20.7 Å². The molecular weight excluding hydrogens is 306 g/mol. The smallest absolute Gasteiger partial charge is 0.0176 e. The zero-order chi connectivity index (χ0) is 10.7. The summed E-state index contributed by atoms with van der Waals surface area (Å²) < 4.78 is 1.15. The Morgan fingerprint density at radius 3 is 2.19 bits per heavy atom. The van der Waals surface area contributed by atoms with Gasteiger partial charge in [0.25, 0.3) is 0 Å². The average molecular weight is 323 g/mol. The van der Waals surface area contributed by atoms with Crippen molar-refractivity contribution in [2.75, 3.05) is 0 Å². The molecule has 0 radical (unpaired) electrons. The van der Waals surface area contributed by atoms with E-state index in [-0.39, 0.29) is 12.4 Å². The second kappa shape index (κ2) is 6.90. The van der Waals surface area contributed by atoms with Gasteiger partial charge in [0.2, 0.25) is 0 Å². The van der Waals surface area contributed by atoms with Crippen molar-refractivity contribution in [1.29, 1.82) is 0 Å². The fourth-order valence-electron chi connectivity index (χ4n) is 1.91. The highest BCUT2D eigenvalue weighted by Crippen LogP contribution is 2.33. The molecule has 1 fully saturated rings. The van der Waals surface area contributed by atoms with E-state index in [0.29, 0.717) is 6.04 Å². The Balaban J connectivity index is 0.00000128. The molecule has 0 saturated heterocycles. The summed E-state index contributed by atoms with van der Waals surface area (Å²) in [6.07, 6.45) is 4.91. The van der Waals surface area contributed by atoms with E-state index in [1.165, 1.54) is 30.6 Å². The number of thioether (sulfide) groups is 1. The van der Waals surface area contributed by atoms with Crippen LogP contribution in [-0.4, -0.2) is 11.3 Å². The minimum absolute atomic E-state index is 0. The van der Waals surface area contributed by atoms with Crippen LogP contribution in [0.2, 0.25) is 0 Å². The highest BCUT2D eigenvalue weighted by atomic mass is 79.9. The van der Waals surface area contributed by atoms with Gasteiger partial charge in [-0.3, -0.25) is 0 Å². The first-order chi connectivity index (χ1) is 7.24. The summed E-state index contributed by atoms with van der Waals surface area (Å²) >= 11 is 5.45. The zero-order valence-electron chi connectivity index (χ0n) is 9.06. The van der Waals surface area contributed by atoms with Crippen molar-refractivity contribution in [1.82, 2.24) is 0 Å². The maximum Gasteiger partial charge on any atom is 0.0176 e. The molecule has 0 bridgehead atoms. The van der Waals surface area contributed by atoms with Crippen LogP contribution in [0, 0.1) is 0 Å². The fourth-order valence-corrected chi connectivity index (χ4v) is 3.36. The van der Waals surface area contributed by atoms with Gasteiger partial charge in [-0.2, -0.15) is 0 Å². The van der Waals surface area contributed by atoms with Crippen molar-refractivity contribution < 1.29 is 0 Å². The molecule has 0 aliphatic heterocycles. The summed E-state index contributed by atoms with van der Waals surface area (Å²) in [6, 6.07) is 9.03. The first-order valence-electron chi connectivity index (χ1n) is 5.42. The molecule has 0 heterocycles. The van der Waals surface area contributed by atoms with Gasteiger partial charge in [-0.15, -0.1) is 24.2 Å². The highest BCUT2D eigenvalue weighted by molar-refractivity contribution is 9.10. The van der Waals surface area contributed by atoms with E-state index in [1.807, 2.05) is 11.8 Å². The molecule has 1 aliphatic rings. The van der Waals surface area contributed by atoms with Gasteiger partial charge in [-0.25, -0.2) is 0 Å². The van der Waals surface area contributed by atoms with E-state index < -0.39 is 0 Å². The molecule has 2 rings (SSSR count). The molecule has 1 aromatic rings. The molecule has 90 valence electrons. The molecule has 1 aromatic carbocycles. The molecule has 0 aromatic heterocycles. The standard InChI is InChI=1S/C12H16BrNS.ClH/c13-9-1-5-11(6-2-9)15-12-7-3-10(14)4-8-12;/h1-2,5-6,10,12H,3-4,7-8,14H2;1H. The quantitative estimate of drug-likeness (QED) is 0.881. The summed E-state index contributed by atoms with van der Waals surface area (Å²) in [4.78, 5) is 1.37. The lowest BCUT2D eigenvalue weighted by molar-refractivity contribution is 0.451. The lowest BCUT2D eigenvalue weighted by atomic mass is 9.96. The Hall–Kier alpha value is 0.300. The van der Waals surface area contributed by atoms with Gasteiger partial charge in [0.1, 0.15) is 0 Å². The minimum atomic E-state index is 0. The largest absolute Gasteiger partial charge is 0.328 e. The molecule has 2 N–H and O–H groups in total. The molecule has 0 unspecified atom stereocenters. The number of nitrogens with two attached hydrogens (primary N) is 1. The van der Waals surface area contributed by atoms with Gasteiger partial charge in [0.15, 0.2) is 0 Å². The number of hydrogen-bond donors (Lipinski definition) is 1. The Labute approximate surface area is 116 Å². The van der Waals surface area contributed by atoms with Crippen LogP contribution in [0.1, 0.15) is 25.7 Å². The van der Waals surface area contributed by atoms with Crippen molar-refractivity contribution in [3.63, 3.8) is 0 Å². The van der Waals surface area contributed by atoms with E-state index in [4.69, 9.17) is 5.73 Å². The summed E-state index contributed by atoms with van der Waals surface area (Å²) in [5.74, 6) is 0. The number of halogens is 2. The predicted octanol–water partition coefficient (Wildman–Crippen LogP) is 4.23. The Kier molecular flexibility index (Phi) is 6.19. The van der Waals surface area contributed by atoms with Crippen molar-refractivity contribution in [3.8, 4) is 0 Å². The van der Waals surface area contributed by atoms with Crippen molar-refractivity contribution in [2.45, 2.75) is 41.9 Å². The van der Waals surface area contributed by atoms with Gasteiger partial charge in [-0.1, -0.05) is 15.9 Å². The van der Waals surface area contributed by atoms with Crippen molar-refractivity contribution in [2.24, 2.45) is 5.73 Å². The predicted molar refractivity (Wildman–Crippen MR) is 77.5 cm³/mol. The number of rotatable bonds is 2. The Morgan fingerprint density at radius 1 is 1.06 bits per heavy atom. The summed E-state index contributed by atoms with van der Waals surface area (Å²) in [5.41, 5.74) is 5.89. The molecule has 1 nitrogen and oxygen atoms in total. The monoisotopic (exact) mass is 321 g/mol. The third-order valence-electron chi connectivity index (χ3n) is 2.84. The van der Waals surface area contributed by atoms with E-state index in [2.05, 4.69) is 40.2 Å². The zero-order valence-corrected chi connectivity index (χ0v) is 12.3. The molecule has 16 heavy (non-hydrogen) atoms. The number of hydrogen-bond acceptors (Lipinski definition) is 2. The molecular formula is C12H17BrClNS. The summed E-state index contributed by atoms with van der Waals surface area (Å²) in [6.45, 7) is 0. The minimum Gasteiger partial charge on any atom is -0.328 e. The van der Waals surface area contributed by atoms with E-state index in [0.717, 1.165) is 9.72 Å². The van der Waals surface area contributed by atoms with Gasteiger partial charge >= 0.3 is 0 Å². The van der Waals surface area contributed by atoms with Crippen molar-refractivity contribution >= 4 is 40.1 Å². The van der Waals surface area contributed by atoms with Gasteiger partial charge in [0.05, 0.1) is 0 Å². The number of benzene rings is 1. The van der Waals surface area contributed by atoms with Gasteiger partial charge in [-0.05, 0) is 49.9 Å². The Bertz CT molecular complexity index is 309. The molecule has 0 spiro atoms. The lowest BCUT2D eigenvalue weighted by Gasteiger charge is -2.25. The SMILES string of the molecule is Cl.NC1CCC(Sc2ccc(Br)cc2)CC1. The maximum atomic E-state index is 5.89. The third kappa shape index (κ3) is 4.28.